The van der Waals surface area contributed by atoms with Crippen LogP contribution in [0.4, 0.5) is 5.82 Å². The van der Waals surface area contributed by atoms with Crippen LogP contribution in [0.1, 0.15) is 19.4 Å². The van der Waals surface area contributed by atoms with Gasteiger partial charge in [-0.25, -0.2) is 4.98 Å². The minimum absolute atomic E-state index is 0.201. The van der Waals surface area contributed by atoms with Gasteiger partial charge in [0.05, 0.1) is 0 Å². The smallest absolute Gasteiger partial charge is 0.165 e. The Morgan fingerprint density at radius 1 is 1.14 bits per heavy atom. The number of aliphatic hydroxyl groups excluding tert-OH is 1. The molecule has 0 saturated carbocycles. The number of hydrogen-bond acceptors (Lipinski definition) is 6. The third-order valence-corrected chi connectivity index (χ3v) is 5.30. The van der Waals surface area contributed by atoms with Crippen LogP contribution in [0.3, 0.4) is 0 Å². The average Bonchev–Trinajstić information content (AvgIpc) is 3.02. The van der Waals surface area contributed by atoms with Crippen LogP contribution in [-0.4, -0.2) is 66.0 Å². The molecule has 0 bridgehead atoms. The molecule has 2 aromatic rings. The topological polar surface area (TPSA) is 58.1 Å². The van der Waals surface area contributed by atoms with E-state index in [1.807, 2.05) is 36.5 Å². The van der Waals surface area contributed by atoms with Crippen LogP contribution in [0.25, 0.3) is 0 Å². The third kappa shape index (κ3) is 4.39. The fraction of sp³-hybridized carbons (Fsp3) is 0.500. The van der Waals surface area contributed by atoms with Crippen LogP contribution in [-0.2, 0) is 6.42 Å². The minimum Gasteiger partial charge on any atom is -0.487 e. The minimum atomic E-state index is -0.535. The highest BCUT2D eigenvalue weighted by Gasteiger charge is 2.32. The van der Waals surface area contributed by atoms with E-state index in [0.717, 1.165) is 49.9 Å². The molecule has 1 N–H and O–H groups in total. The summed E-state index contributed by atoms with van der Waals surface area (Å²) in [6, 6.07) is 12.0. The molecule has 0 aliphatic carbocycles. The number of ether oxygens (including phenoxy) is 2. The lowest BCUT2D eigenvalue weighted by Gasteiger charge is -2.36. The van der Waals surface area contributed by atoms with Crippen molar-refractivity contribution < 1.29 is 14.6 Å². The standard InChI is InChI=1S/C22H29N3O3/c1-22(2)14-17-6-5-7-19(21(17)28-22)27-16-18(26)15-24-10-12-25(13-11-24)20-8-3-4-9-23-20/h3-9,18,26H,10-16H2,1-2H3/t18-/m0/s1. The van der Waals surface area contributed by atoms with E-state index in [1.165, 1.54) is 5.56 Å². The van der Waals surface area contributed by atoms with Crippen molar-refractivity contribution in [3.63, 3.8) is 0 Å². The van der Waals surface area contributed by atoms with E-state index >= 15 is 0 Å². The number of aliphatic hydroxyl groups is 1. The van der Waals surface area contributed by atoms with Gasteiger partial charge in [0.2, 0.25) is 0 Å². The molecular formula is C22H29N3O3. The lowest BCUT2D eigenvalue weighted by Crippen LogP contribution is -2.49. The zero-order chi connectivity index (χ0) is 19.6. The van der Waals surface area contributed by atoms with Gasteiger partial charge in [0.25, 0.3) is 0 Å². The first kappa shape index (κ1) is 19.0. The van der Waals surface area contributed by atoms with Crippen molar-refractivity contribution in [2.75, 3.05) is 44.2 Å². The van der Waals surface area contributed by atoms with Gasteiger partial charge in [-0.05, 0) is 32.0 Å². The number of β-amino-alcohol motifs (C(OH)–C–C–N with tert-alkyl or cyclic N) is 1. The summed E-state index contributed by atoms with van der Waals surface area (Å²) in [6.45, 7) is 8.68. The molecule has 0 amide bonds. The van der Waals surface area contributed by atoms with Crippen LogP contribution in [0, 0.1) is 0 Å². The van der Waals surface area contributed by atoms with Crippen molar-refractivity contribution in [3.8, 4) is 11.5 Å². The van der Waals surface area contributed by atoms with Gasteiger partial charge in [-0.2, -0.15) is 0 Å². The van der Waals surface area contributed by atoms with Crippen molar-refractivity contribution in [3.05, 3.63) is 48.2 Å². The molecule has 150 valence electrons. The van der Waals surface area contributed by atoms with Gasteiger partial charge in [0.1, 0.15) is 24.1 Å². The Bertz CT molecular complexity index is 789. The fourth-order valence-corrected chi connectivity index (χ4v) is 3.94. The number of anilines is 1. The second kappa shape index (κ2) is 7.97. The first-order valence-electron chi connectivity index (χ1n) is 10.0. The van der Waals surface area contributed by atoms with E-state index in [0.29, 0.717) is 6.54 Å². The summed E-state index contributed by atoms with van der Waals surface area (Å²) in [6.07, 6.45) is 2.17. The Labute approximate surface area is 166 Å². The van der Waals surface area contributed by atoms with E-state index in [-0.39, 0.29) is 12.2 Å². The molecule has 1 aromatic heterocycles. The highest BCUT2D eigenvalue weighted by atomic mass is 16.5. The van der Waals surface area contributed by atoms with Crippen molar-refractivity contribution >= 4 is 5.82 Å². The number of rotatable bonds is 6. The van der Waals surface area contributed by atoms with Crippen LogP contribution in [0.2, 0.25) is 0 Å². The highest BCUT2D eigenvalue weighted by molar-refractivity contribution is 5.50. The van der Waals surface area contributed by atoms with Gasteiger partial charge in [-0.15, -0.1) is 0 Å². The molecule has 4 rings (SSSR count). The number of nitrogens with zero attached hydrogens (tertiary/aromatic N) is 3. The number of para-hydroxylation sites is 1. The maximum absolute atomic E-state index is 10.5. The van der Waals surface area contributed by atoms with Crippen LogP contribution in [0.15, 0.2) is 42.6 Å². The predicted octanol–water partition coefficient (Wildman–Crippen LogP) is 2.36. The van der Waals surface area contributed by atoms with Crippen molar-refractivity contribution in [2.45, 2.75) is 32.0 Å². The lowest BCUT2D eigenvalue weighted by atomic mass is 10.0. The number of piperazine rings is 1. The molecule has 6 nitrogen and oxygen atoms in total. The van der Waals surface area contributed by atoms with Gasteiger partial charge in [0, 0.05) is 50.9 Å². The Balaban J connectivity index is 1.25. The summed E-state index contributed by atoms with van der Waals surface area (Å²) in [4.78, 5) is 8.98. The van der Waals surface area contributed by atoms with E-state index in [4.69, 9.17) is 9.47 Å². The predicted molar refractivity (Wildman–Crippen MR) is 109 cm³/mol. The Kier molecular flexibility index (Phi) is 5.42. The first-order valence-corrected chi connectivity index (χ1v) is 10.0. The summed E-state index contributed by atoms with van der Waals surface area (Å²) in [5.41, 5.74) is 0.968. The SMILES string of the molecule is CC1(C)Cc2cccc(OC[C@@H](O)CN3CCN(c4ccccn4)CC3)c2O1. The van der Waals surface area contributed by atoms with Crippen molar-refractivity contribution in [1.82, 2.24) is 9.88 Å². The summed E-state index contributed by atoms with van der Waals surface area (Å²) >= 11 is 0. The maximum atomic E-state index is 10.5. The quantitative estimate of drug-likeness (QED) is 0.826. The van der Waals surface area contributed by atoms with Crippen molar-refractivity contribution in [2.24, 2.45) is 0 Å². The molecule has 2 aliphatic rings. The third-order valence-electron chi connectivity index (χ3n) is 5.30. The summed E-state index contributed by atoms with van der Waals surface area (Å²) in [5, 5.41) is 10.5. The first-order chi connectivity index (χ1) is 13.5. The maximum Gasteiger partial charge on any atom is 0.165 e. The zero-order valence-electron chi connectivity index (χ0n) is 16.7. The average molecular weight is 383 g/mol. The number of fused-ring (bicyclic) bond motifs is 1. The molecule has 2 aliphatic heterocycles. The lowest BCUT2D eigenvalue weighted by molar-refractivity contribution is 0.0631. The Morgan fingerprint density at radius 2 is 1.96 bits per heavy atom. The van der Waals surface area contributed by atoms with Gasteiger partial charge >= 0.3 is 0 Å². The molecule has 0 radical (unpaired) electrons. The molecule has 3 heterocycles. The summed E-state index contributed by atoms with van der Waals surface area (Å²) in [7, 11) is 0. The van der Waals surface area contributed by atoms with Crippen LogP contribution < -0.4 is 14.4 Å². The molecule has 6 heteroatoms. The largest absolute Gasteiger partial charge is 0.487 e. The molecule has 0 spiro atoms. The molecule has 1 aromatic carbocycles. The van der Waals surface area contributed by atoms with Crippen molar-refractivity contribution in [1.29, 1.82) is 0 Å². The van der Waals surface area contributed by atoms with Crippen LogP contribution in [0.5, 0.6) is 11.5 Å². The second-order valence-corrected chi connectivity index (χ2v) is 8.22. The highest BCUT2D eigenvalue weighted by Crippen LogP contribution is 2.41. The number of benzene rings is 1. The van der Waals surface area contributed by atoms with E-state index < -0.39 is 6.10 Å². The molecule has 28 heavy (non-hydrogen) atoms. The van der Waals surface area contributed by atoms with Gasteiger partial charge in [0.15, 0.2) is 11.5 Å². The molecule has 1 fully saturated rings. The fourth-order valence-electron chi connectivity index (χ4n) is 3.94. The number of hydrogen-bond donors (Lipinski definition) is 1. The molecule has 1 saturated heterocycles. The second-order valence-electron chi connectivity index (χ2n) is 8.22. The summed E-state index contributed by atoms with van der Waals surface area (Å²) < 4.78 is 11.9. The monoisotopic (exact) mass is 383 g/mol. The Morgan fingerprint density at radius 3 is 2.71 bits per heavy atom. The zero-order valence-corrected chi connectivity index (χ0v) is 16.7. The van der Waals surface area contributed by atoms with Gasteiger partial charge < -0.3 is 19.5 Å². The Hall–Kier alpha value is -2.31. The number of pyridine rings is 1. The van der Waals surface area contributed by atoms with E-state index in [1.54, 1.807) is 0 Å². The molecular weight excluding hydrogens is 354 g/mol. The molecule has 0 unspecified atom stereocenters. The number of aromatic nitrogens is 1. The van der Waals surface area contributed by atoms with E-state index in [2.05, 4.69) is 34.7 Å². The van der Waals surface area contributed by atoms with Gasteiger partial charge in [-0.3, -0.25) is 4.90 Å². The van der Waals surface area contributed by atoms with E-state index in [9.17, 15) is 5.11 Å². The normalized spacial score (nSPS) is 19.8. The van der Waals surface area contributed by atoms with Gasteiger partial charge in [-0.1, -0.05) is 18.2 Å². The molecule has 1 atom stereocenters. The van der Waals surface area contributed by atoms with Crippen LogP contribution >= 0.6 is 0 Å². The summed E-state index contributed by atoms with van der Waals surface area (Å²) in [5.74, 6) is 2.57.